The van der Waals surface area contributed by atoms with E-state index in [4.69, 9.17) is 9.47 Å². The predicted octanol–water partition coefficient (Wildman–Crippen LogP) is 3.08. The smallest absolute Gasteiger partial charge is 0.303 e. The minimum absolute atomic E-state index is 0.0563. The topological polar surface area (TPSA) is 52.6 Å². The third-order valence-corrected chi connectivity index (χ3v) is 4.22. The van der Waals surface area contributed by atoms with E-state index < -0.39 is 12.1 Å². The molecule has 0 spiro atoms. The van der Waals surface area contributed by atoms with Crippen LogP contribution in [-0.4, -0.2) is 25.0 Å². The van der Waals surface area contributed by atoms with Gasteiger partial charge in [0.1, 0.15) is 5.75 Å². The van der Waals surface area contributed by atoms with E-state index in [1.165, 1.54) is 6.92 Å². The molecule has 0 aliphatic heterocycles. The number of benzene rings is 2. The fourth-order valence-corrected chi connectivity index (χ4v) is 3.12. The molecule has 0 amide bonds. The van der Waals surface area contributed by atoms with Gasteiger partial charge in [-0.15, -0.1) is 0 Å². The highest BCUT2D eigenvalue weighted by molar-refractivity contribution is 5.99. The van der Waals surface area contributed by atoms with Crippen molar-refractivity contribution in [3.63, 3.8) is 0 Å². The van der Waals surface area contributed by atoms with Crippen LogP contribution >= 0.6 is 0 Å². The summed E-state index contributed by atoms with van der Waals surface area (Å²) in [5.74, 6) is -0.196. The van der Waals surface area contributed by atoms with Gasteiger partial charge in [0.15, 0.2) is 11.9 Å². The number of ether oxygens (including phenoxy) is 2. The molecule has 0 unspecified atom stereocenters. The number of rotatable bonds is 4. The second-order valence-corrected chi connectivity index (χ2v) is 5.62. The van der Waals surface area contributed by atoms with Gasteiger partial charge < -0.3 is 9.47 Å². The minimum Gasteiger partial charge on any atom is -0.497 e. The van der Waals surface area contributed by atoms with Crippen molar-refractivity contribution in [3.05, 3.63) is 65.7 Å². The van der Waals surface area contributed by atoms with E-state index in [0.29, 0.717) is 0 Å². The highest BCUT2D eigenvalue weighted by atomic mass is 16.5. The quantitative estimate of drug-likeness (QED) is 0.814. The number of Topliss-reactive ketones (excluding diaryl/α,β-unsaturated/α-hetero) is 1. The highest BCUT2D eigenvalue weighted by Crippen LogP contribution is 2.48. The average Bonchev–Trinajstić information content (AvgIpc) is 2.58. The van der Waals surface area contributed by atoms with Crippen LogP contribution in [-0.2, 0) is 14.3 Å². The van der Waals surface area contributed by atoms with Gasteiger partial charge in [0.25, 0.3) is 0 Å². The van der Waals surface area contributed by atoms with Crippen LogP contribution in [0.15, 0.2) is 54.6 Å². The summed E-state index contributed by atoms with van der Waals surface area (Å²) in [7, 11) is 1.60. The molecule has 2 aromatic carbocycles. The van der Waals surface area contributed by atoms with Crippen LogP contribution < -0.4 is 4.74 Å². The largest absolute Gasteiger partial charge is 0.497 e. The van der Waals surface area contributed by atoms with Crippen LogP contribution in [0.2, 0.25) is 0 Å². The van der Waals surface area contributed by atoms with E-state index in [-0.39, 0.29) is 17.6 Å². The van der Waals surface area contributed by atoms with Crippen molar-refractivity contribution >= 4 is 11.8 Å². The first-order valence-electron chi connectivity index (χ1n) is 7.51. The Hall–Kier alpha value is -2.62. The molecule has 0 saturated heterocycles. The first-order chi connectivity index (χ1) is 11.1. The fraction of sp³-hybridized carbons (Fsp3) is 0.263. The molecule has 0 aromatic heterocycles. The molecule has 1 saturated carbocycles. The third kappa shape index (κ3) is 2.84. The van der Waals surface area contributed by atoms with Crippen LogP contribution in [0.3, 0.4) is 0 Å². The Morgan fingerprint density at radius 1 is 0.957 bits per heavy atom. The first-order valence-corrected chi connectivity index (χ1v) is 7.51. The highest BCUT2D eigenvalue weighted by Gasteiger charge is 2.53. The van der Waals surface area contributed by atoms with Crippen molar-refractivity contribution < 1.29 is 19.1 Å². The number of esters is 1. The van der Waals surface area contributed by atoms with E-state index in [1.54, 1.807) is 7.11 Å². The summed E-state index contributed by atoms with van der Waals surface area (Å²) < 4.78 is 10.4. The maximum Gasteiger partial charge on any atom is 0.303 e. The lowest BCUT2D eigenvalue weighted by Gasteiger charge is -2.42. The van der Waals surface area contributed by atoms with E-state index in [0.717, 1.165) is 16.9 Å². The predicted molar refractivity (Wildman–Crippen MR) is 85.5 cm³/mol. The van der Waals surface area contributed by atoms with Gasteiger partial charge in [-0.3, -0.25) is 9.59 Å². The van der Waals surface area contributed by atoms with Crippen molar-refractivity contribution in [2.75, 3.05) is 7.11 Å². The molecule has 3 atom stereocenters. The summed E-state index contributed by atoms with van der Waals surface area (Å²) in [6.45, 7) is 1.33. The van der Waals surface area contributed by atoms with Gasteiger partial charge in [0, 0.05) is 12.8 Å². The zero-order valence-corrected chi connectivity index (χ0v) is 13.1. The zero-order valence-electron chi connectivity index (χ0n) is 13.1. The van der Waals surface area contributed by atoms with Gasteiger partial charge >= 0.3 is 5.97 Å². The Balaban J connectivity index is 1.94. The molecule has 1 aliphatic carbocycles. The van der Waals surface area contributed by atoms with Crippen LogP contribution in [0, 0.1) is 0 Å². The molecule has 4 heteroatoms. The van der Waals surface area contributed by atoms with Crippen molar-refractivity contribution in [3.8, 4) is 5.75 Å². The summed E-state index contributed by atoms with van der Waals surface area (Å²) in [5.41, 5.74) is 1.91. The summed E-state index contributed by atoms with van der Waals surface area (Å²) >= 11 is 0. The van der Waals surface area contributed by atoms with Gasteiger partial charge in [-0.1, -0.05) is 42.5 Å². The number of hydrogen-bond donors (Lipinski definition) is 0. The second kappa shape index (κ2) is 6.24. The summed E-state index contributed by atoms with van der Waals surface area (Å²) in [4.78, 5) is 23.8. The number of ketones is 1. The molecule has 4 nitrogen and oxygen atoms in total. The number of carbonyl (C=O) groups is 2. The summed E-state index contributed by atoms with van der Waals surface area (Å²) in [6, 6.07) is 17.2. The van der Waals surface area contributed by atoms with Gasteiger partial charge in [0.2, 0.25) is 0 Å². The van der Waals surface area contributed by atoms with E-state index in [1.807, 2.05) is 54.6 Å². The van der Waals surface area contributed by atoms with Gasteiger partial charge in [0.05, 0.1) is 13.0 Å². The number of hydrogen-bond acceptors (Lipinski definition) is 4. The maximum absolute atomic E-state index is 12.5. The van der Waals surface area contributed by atoms with E-state index >= 15 is 0 Å². The standard InChI is InChI=1S/C19H18O4/c1-12(20)23-19-17(13-6-4-3-5-7-13)16(18(19)21)14-8-10-15(22-2)11-9-14/h3-11,16-17,19H,1-2H3/t16-,17-,19-/m1/s1. The van der Waals surface area contributed by atoms with E-state index in [2.05, 4.69) is 0 Å². The SMILES string of the molecule is COc1ccc([C@H]2C(=O)[C@H](OC(C)=O)[C@@H]2c2ccccc2)cc1. The summed E-state index contributed by atoms with van der Waals surface area (Å²) in [5, 5.41) is 0. The second-order valence-electron chi connectivity index (χ2n) is 5.62. The average molecular weight is 310 g/mol. The van der Waals surface area contributed by atoms with Crippen molar-refractivity contribution in [1.29, 1.82) is 0 Å². The molecule has 0 heterocycles. The van der Waals surface area contributed by atoms with Crippen molar-refractivity contribution in [2.45, 2.75) is 24.9 Å². The monoisotopic (exact) mass is 310 g/mol. The molecule has 0 bridgehead atoms. The Bertz CT molecular complexity index is 706. The van der Waals surface area contributed by atoms with Crippen LogP contribution in [0.25, 0.3) is 0 Å². The molecular weight excluding hydrogens is 292 g/mol. The Morgan fingerprint density at radius 3 is 2.17 bits per heavy atom. The molecule has 1 fully saturated rings. The maximum atomic E-state index is 12.5. The van der Waals surface area contributed by atoms with Gasteiger partial charge in [-0.2, -0.15) is 0 Å². The molecule has 118 valence electrons. The Kier molecular flexibility index (Phi) is 4.15. The zero-order chi connectivity index (χ0) is 16.4. The lowest BCUT2D eigenvalue weighted by molar-refractivity contribution is -0.163. The van der Waals surface area contributed by atoms with Gasteiger partial charge in [-0.05, 0) is 23.3 Å². The van der Waals surface area contributed by atoms with Crippen LogP contribution in [0.1, 0.15) is 29.9 Å². The number of methoxy groups -OCH3 is 1. The Labute approximate surface area is 135 Å². The van der Waals surface area contributed by atoms with Crippen LogP contribution in [0.4, 0.5) is 0 Å². The lowest BCUT2D eigenvalue weighted by Crippen LogP contribution is -2.50. The molecule has 3 rings (SSSR count). The lowest BCUT2D eigenvalue weighted by atomic mass is 9.63. The van der Waals surface area contributed by atoms with Crippen molar-refractivity contribution in [2.24, 2.45) is 0 Å². The van der Waals surface area contributed by atoms with E-state index in [9.17, 15) is 9.59 Å². The molecule has 2 aromatic rings. The molecular formula is C19H18O4. The van der Waals surface area contributed by atoms with Crippen molar-refractivity contribution in [1.82, 2.24) is 0 Å². The molecule has 0 N–H and O–H groups in total. The Morgan fingerprint density at radius 2 is 1.61 bits per heavy atom. The third-order valence-electron chi connectivity index (χ3n) is 4.22. The normalized spacial score (nSPS) is 23.0. The molecule has 23 heavy (non-hydrogen) atoms. The molecule has 0 radical (unpaired) electrons. The van der Waals surface area contributed by atoms with Gasteiger partial charge in [-0.25, -0.2) is 0 Å². The first kappa shape index (κ1) is 15.3. The minimum atomic E-state index is -0.706. The molecule has 1 aliphatic rings. The number of carbonyl (C=O) groups excluding carboxylic acids is 2. The fourth-order valence-electron chi connectivity index (χ4n) is 3.12. The summed E-state index contributed by atoms with van der Waals surface area (Å²) in [6.07, 6.45) is -0.706. The van der Waals surface area contributed by atoms with Crippen LogP contribution in [0.5, 0.6) is 5.75 Å².